The Morgan fingerprint density at radius 3 is 2.70 bits per heavy atom. The number of amides is 1. The minimum Gasteiger partial charge on any atom is -0.488 e. The van der Waals surface area contributed by atoms with Gasteiger partial charge in [0.2, 0.25) is 0 Å². The predicted octanol–water partition coefficient (Wildman–Crippen LogP) is 4.44. The fourth-order valence-electron chi connectivity index (χ4n) is 4.01. The van der Waals surface area contributed by atoms with Crippen molar-refractivity contribution in [2.75, 3.05) is 6.54 Å². The lowest BCUT2D eigenvalue weighted by Crippen LogP contribution is -2.42. The van der Waals surface area contributed by atoms with Crippen molar-refractivity contribution in [3.63, 3.8) is 0 Å². The number of carbonyl (C=O) groups excluding carboxylic acids is 2. The maximum absolute atomic E-state index is 12.9. The van der Waals surface area contributed by atoms with Gasteiger partial charge in [0.05, 0.1) is 0 Å². The molecule has 2 aliphatic rings. The van der Waals surface area contributed by atoms with Crippen molar-refractivity contribution in [1.29, 1.82) is 0 Å². The third kappa shape index (κ3) is 3.37. The van der Waals surface area contributed by atoms with Crippen LogP contribution in [0.4, 0.5) is 0 Å². The lowest BCUT2D eigenvalue weighted by Gasteiger charge is -2.30. The molecule has 0 unspecified atom stereocenters. The number of nitrogens with zero attached hydrogens (tertiary/aromatic N) is 1. The molecule has 1 atom stereocenters. The first-order valence-electron chi connectivity index (χ1n) is 10.0. The zero-order valence-electron chi connectivity index (χ0n) is 16.6. The molecule has 0 N–H and O–H groups in total. The molecule has 3 heterocycles. The van der Waals surface area contributed by atoms with E-state index in [4.69, 9.17) is 9.47 Å². The van der Waals surface area contributed by atoms with Gasteiger partial charge in [-0.2, -0.15) is 0 Å². The minimum absolute atomic E-state index is 0.159. The second kappa shape index (κ2) is 7.61. The Hall–Kier alpha value is -3.12. The summed E-state index contributed by atoms with van der Waals surface area (Å²) in [6, 6.07) is 17.7. The molecule has 0 saturated heterocycles. The number of ether oxygens (including phenoxy) is 2. The van der Waals surface area contributed by atoms with Gasteiger partial charge in [-0.15, -0.1) is 11.3 Å². The van der Waals surface area contributed by atoms with Gasteiger partial charge in [0, 0.05) is 29.1 Å². The fraction of sp³-hybridized carbons (Fsp3) is 0.250. The largest absolute Gasteiger partial charge is 0.488 e. The number of benzene rings is 2. The second-order valence-corrected chi connectivity index (χ2v) is 8.63. The summed E-state index contributed by atoms with van der Waals surface area (Å²) in [4.78, 5) is 28.9. The normalized spacial score (nSPS) is 15.3. The third-order valence-corrected chi connectivity index (χ3v) is 6.79. The Bertz CT molecular complexity index is 1140. The van der Waals surface area contributed by atoms with E-state index in [1.165, 1.54) is 16.9 Å². The highest BCUT2D eigenvalue weighted by atomic mass is 32.1. The molecular formula is C24H21NO4S. The minimum atomic E-state index is -0.828. The van der Waals surface area contributed by atoms with Crippen molar-refractivity contribution in [3.8, 4) is 16.2 Å². The Labute approximate surface area is 178 Å². The van der Waals surface area contributed by atoms with Gasteiger partial charge < -0.3 is 14.4 Å². The molecule has 0 aliphatic carbocycles. The lowest BCUT2D eigenvalue weighted by molar-refractivity contribution is -0.140. The average Bonchev–Trinajstić information content (AvgIpc) is 3.23. The van der Waals surface area contributed by atoms with Gasteiger partial charge in [0.25, 0.3) is 5.91 Å². The fourth-order valence-corrected chi connectivity index (χ4v) is 5.09. The molecule has 3 aromatic rings. The van der Waals surface area contributed by atoms with Crippen molar-refractivity contribution in [1.82, 2.24) is 4.90 Å². The van der Waals surface area contributed by atoms with Crippen LogP contribution in [0.15, 0.2) is 54.6 Å². The van der Waals surface area contributed by atoms with Gasteiger partial charge in [-0.05, 0) is 42.7 Å². The summed E-state index contributed by atoms with van der Waals surface area (Å²) in [5, 5.41) is 0. The standard InChI is InChI=1S/C24H21NO4S/c1-15(23(26)25-11-10-16-6-2-3-7-17(16)13-25)29-24(27)21-12-18-14-28-20-9-5-4-8-19(20)22(18)30-21/h2-9,12,15H,10-11,13-14H2,1H3/t15-/m0/s1. The van der Waals surface area contributed by atoms with Crippen LogP contribution in [0.1, 0.15) is 33.3 Å². The van der Waals surface area contributed by atoms with Crippen LogP contribution in [0.25, 0.3) is 10.4 Å². The van der Waals surface area contributed by atoms with E-state index < -0.39 is 12.1 Å². The summed E-state index contributed by atoms with van der Waals surface area (Å²) in [6.45, 7) is 3.27. The van der Waals surface area contributed by atoms with E-state index in [-0.39, 0.29) is 5.91 Å². The number of rotatable bonds is 3. The summed E-state index contributed by atoms with van der Waals surface area (Å²) in [5.41, 5.74) is 4.38. The molecule has 0 bridgehead atoms. The summed E-state index contributed by atoms with van der Waals surface area (Å²) < 4.78 is 11.3. The van der Waals surface area contributed by atoms with E-state index >= 15 is 0 Å². The lowest BCUT2D eigenvalue weighted by atomic mass is 9.99. The van der Waals surface area contributed by atoms with Crippen LogP contribution >= 0.6 is 11.3 Å². The Kier molecular flexibility index (Phi) is 4.79. The molecule has 2 aliphatic heterocycles. The van der Waals surface area contributed by atoms with Gasteiger partial charge >= 0.3 is 5.97 Å². The number of fused-ring (bicyclic) bond motifs is 4. The van der Waals surface area contributed by atoms with Gasteiger partial charge in [0.1, 0.15) is 17.2 Å². The highest BCUT2D eigenvalue weighted by Crippen LogP contribution is 2.42. The molecule has 1 aromatic heterocycles. The SMILES string of the molecule is C[C@H](OC(=O)c1cc2c(s1)-c1ccccc1OC2)C(=O)N1CCc2ccccc2C1. The summed E-state index contributed by atoms with van der Waals surface area (Å²) in [6.07, 6.45) is -0.00923. The van der Waals surface area contributed by atoms with E-state index in [9.17, 15) is 9.59 Å². The zero-order chi connectivity index (χ0) is 20.7. The molecule has 5 rings (SSSR count). The van der Waals surface area contributed by atoms with E-state index in [2.05, 4.69) is 6.07 Å². The summed E-state index contributed by atoms with van der Waals surface area (Å²) in [7, 11) is 0. The highest BCUT2D eigenvalue weighted by molar-refractivity contribution is 7.17. The first-order valence-corrected chi connectivity index (χ1v) is 10.8. The van der Waals surface area contributed by atoms with E-state index in [1.54, 1.807) is 11.8 Å². The van der Waals surface area contributed by atoms with Crippen LogP contribution < -0.4 is 4.74 Å². The van der Waals surface area contributed by atoms with Crippen LogP contribution in [0.2, 0.25) is 0 Å². The molecule has 152 valence electrons. The number of para-hydroxylation sites is 1. The number of hydrogen-bond acceptors (Lipinski definition) is 5. The Balaban J connectivity index is 1.28. The number of thiophene rings is 1. The van der Waals surface area contributed by atoms with E-state index in [0.29, 0.717) is 24.6 Å². The van der Waals surface area contributed by atoms with Crippen molar-refractivity contribution in [2.24, 2.45) is 0 Å². The van der Waals surface area contributed by atoms with E-state index in [0.717, 1.165) is 33.7 Å². The second-order valence-electron chi connectivity index (χ2n) is 7.58. The predicted molar refractivity (Wildman–Crippen MR) is 115 cm³/mol. The smallest absolute Gasteiger partial charge is 0.349 e. The van der Waals surface area contributed by atoms with Crippen molar-refractivity contribution >= 4 is 23.2 Å². The molecule has 2 aromatic carbocycles. The van der Waals surface area contributed by atoms with E-state index in [1.807, 2.05) is 48.5 Å². The van der Waals surface area contributed by atoms with Crippen LogP contribution in [-0.4, -0.2) is 29.4 Å². The number of hydrogen-bond donors (Lipinski definition) is 0. The third-order valence-electron chi connectivity index (χ3n) is 5.60. The van der Waals surface area contributed by atoms with Crippen LogP contribution in [-0.2, 0) is 29.1 Å². The molecular weight excluding hydrogens is 398 g/mol. The Morgan fingerprint density at radius 1 is 1.07 bits per heavy atom. The van der Waals surface area contributed by atoms with Crippen molar-refractivity contribution < 1.29 is 19.1 Å². The molecule has 0 fully saturated rings. The maximum Gasteiger partial charge on any atom is 0.349 e. The van der Waals surface area contributed by atoms with Crippen molar-refractivity contribution in [2.45, 2.75) is 32.6 Å². The number of esters is 1. The van der Waals surface area contributed by atoms with Crippen LogP contribution in [0.5, 0.6) is 5.75 Å². The molecule has 0 radical (unpaired) electrons. The summed E-state index contributed by atoms with van der Waals surface area (Å²) in [5.74, 6) is 0.193. The van der Waals surface area contributed by atoms with Gasteiger partial charge in [0.15, 0.2) is 6.10 Å². The molecule has 1 amide bonds. The molecule has 0 saturated carbocycles. The quantitative estimate of drug-likeness (QED) is 0.589. The summed E-state index contributed by atoms with van der Waals surface area (Å²) >= 11 is 1.39. The molecule has 5 nitrogen and oxygen atoms in total. The zero-order valence-corrected chi connectivity index (χ0v) is 17.4. The first-order chi connectivity index (χ1) is 14.6. The van der Waals surface area contributed by atoms with Crippen LogP contribution in [0.3, 0.4) is 0 Å². The Morgan fingerprint density at radius 2 is 1.83 bits per heavy atom. The van der Waals surface area contributed by atoms with Crippen molar-refractivity contribution in [3.05, 3.63) is 76.2 Å². The molecule has 0 spiro atoms. The molecule has 6 heteroatoms. The maximum atomic E-state index is 12.9. The molecule has 30 heavy (non-hydrogen) atoms. The first kappa shape index (κ1) is 18.9. The number of carbonyl (C=O) groups is 2. The van der Waals surface area contributed by atoms with Crippen LogP contribution in [0, 0.1) is 0 Å². The monoisotopic (exact) mass is 419 g/mol. The highest BCUT2D eigenvalue weighted by Gasteiger charge is 2.29. The average molecular weight is 420 g/mol. The van der Waals surface area contributed by atoms with Gasteiger partial charge in [-0.25, -0.2) is 4.79 Å². The van der Waals surface area contributed by atoms with Gasteiger partial charge in [-0.1, -0.05) is 36.4 Å². The topological polar surface area (TPSA) is 55.8 Å². The van der Waals surface area contributed by atoms with Gasteiger partial charge in [-0.3, -0.25) is 4.79 Å².